The number of nitrogens with zero attached hydrogens (tertiary/aromatic N) is 1. The van der Waals surface area contributed by atoms with Crippen LogP contribution in [-0.4, -0.2) is 42.0 Å². The number of hydrogen-bond acceptors (Lipinski definition) is 4. The van der Waals surface area contributed by atoms with Crippen molar-refractivity contribution < 1.29 is 19.1 Å². The standard InChI is InChI=1S/C28H25N3O4/c1-34-23-12-11-16(13-24(23)35-2)15-29-27(32)22-14-20-17-7-5-6-10-21(17)30-25(20)26-18-8-3-4-9-19(18)28(33)31(22)26/h3-13,22,26,30H,14-15H2,1-2H3,(H,29,32)/t22-,26-/m0/s1. The number of H-pyrrole nitrogens is 1. The van der Waals surface area contributed by atoms with Gasteiger partial charge in [-0.2, -0.15) is 0 Å². The molecule has 3 heterocycles. The molecule has 0 radical (unpaired) electrons. The number of rotatable bonds is 5. The van der Waals surface area contributed by atoms with Crippen molar-refractivity contribution in [3.05, 3.63) is 94.7 Å². The van der Waals surface area contributed by atoms with Crippen LogP contribution >= 0.6 is 0 Å². The molecule has 3 aromatic carbocycles. The summed E-state index contributed by atoms with van der Waals surface area (Å²) in [6.45, 7) is 0.316. The molecule has 0 saturated carbocycles. The van der Waals surface area contributed by atoms with Gasteiger partial charge in [0, 0.05) is 35.1 Å². The van der Waals surface area contributed by atoms with E-state index in [1.54, 1.807) is 19.1 Å². The minimum absolute atomic E-state index is 0.110. The van der Waals surface area contributed by atoms with Crippen LogP contribution in [0.5, 0.6) is 11.5 Å². The Morgan fingerprint density at radius 3 is 2.63 bits per heavy atom. The number of aromatic amines is 1. The maximum atomic E-state index is 13.6. The van der Waals surface area contributed by atoms with Crippen LogP contribution < -0.4 is 14.8 Å². The van der Waals surface area contributed by atoms with Crippen LogP contribution in [0.25, 0.3) is 10.9 Å². The summed E-state index contributed by atoms with van der Waals surface area (Å²) in [5, 5.41) is 4.14. The summed E-state index contributed by atoms with van der Waals surface area (Å²) in [6, 6.07) is 20.4. The van der Waals surface area contributed by atoms with E-state index in [0.717, 1.165) is 33.3 Å². The molecule has 2 amide bonds. The van der Waals surface area contributed by atoms with Gasteiger partial charge in [-0.3, -0.25) is 9.59 Å². The fourth-order valence-electron chi connectivity index (χ4n) is 5.43. The van der Waals surface area contributed by atoms with Gasteiger partial charge in [0.05, 0.1) is 20.3 Å². The van der Waals surface area contributed by atoms with E-state index in [4.69, 9.17) is 9.47 Å². The number of fused-ring (bicyclic) bond motifs is 7. The zero-order valence-electron chi connectivity index (χ0n) is 19.5. The molecule has 0 saturated heterocycles. The van der Waals surface area contributed by atoms with Crippen LogP contribution in [0.15, 0.2) is 66.7 Å². The maximum absolute atomic E-state index is 13.6. The molecular formula is C28H25N3O4. The first-order valence-corrected chi connectivity index (χ1v) is 11.6. The predicted octanol–water partition coefficient (Wildman–Crippen LogP) is 3.97. The molecular weight excluding hydrogens is 442 g/mol. The molecule has 35 heavy (non-hydrogen) atoms. The second-order valence-corrected chi connectivity index (χ2v) is 8.89. The van der Waals surface area contributed by atoms with Gasteiger partial charge in [-0.15, -0.1) is 0 Å². The van der Waals surface area contributed by atoms with Gasteiger partial charge in [-0.05, 0) is 41.0 Å². The molecule has 6 rings (SSSR count). The Labute approximate surface area is 202 Å². The molecule has 4 aromatic rings. The van der Waals surface area contributed by atoms with Gasteiger partial charge in [0.1, 0.15) is 6.04 Å². The van der Waals surface area contributed by atoms with Gasteiger partial charge in [0.15, 0.2) is 11.5 Å². The molecule has 0 spiro atoms. The topological polar surface area (TPSA) is 83.7 Å². The average molecular weight is 468 g/mol. The number of carbonyl (C=O) groups is 2. The van der Waals surface area contributed by atoms with Crippen molar-refractivity contribution in [2.75, 3.05) is 14.2 Å². The first-order valence-electron chi connectivity index (χ1n) is 11.6. The van der Waals surface area contributed by atoms with Crippen LogP contribution in [0.1, 0.15) is 38.8 Å². The Hall–Kier alpha value is -4.26. The summed E-state index contributed by atoms with van der Waals surface area (Å²) in [6.07, 6.45) is 0.452. The van der Waals surface area contributed by atoms with Crippen LogP contribution in [0.2, 0.25) is 0 Å². The summed E-state index contributed by atoms with van der Waals surface area (Å²) in [5.74, 6) is 0.943. The third kappa shape index (κ3) is 3.26. The Morgan fingerprint density at radius 2 is 1.80 bits per heavy atom. The molecule has 0 aliphatic carbocycles. The molecule has 2 aliphatic rings. The second kappa shape index (κ2) is 8.20. The lowest BCUT2D eigenvalue weighted by molar-refractivity contribution is -0.126. The summed E-state index contributed by atoms with van der Waals surface area (Å²) in [7, 11) is 3.17. The maximum Gasteiger partial charge on any atom is 0.255 e. The zero-order chi connectivity index (χ0) is 24.1. The van der Waals surface area contributed by atoms with Crippen molar-refractivity contribution in [2.45, 2.75) is 25.0 Å². The van der Waals surface area contributed by atoms with Crippen molar-refractivity contribution in [2.24, 2.45) is 0 Å². The van der Waals surface area contributed by atoms with Crippen molar-refractivity contribution in [3.63, 3.8) is 0 Å². The SMILES string of the molecule is COc1ccc(CNC(=O)[C@@H]2Cc3c([nH]c4ccccc34)[C@@H]3c4ccccc4C(=O)N32)cc1OC. The highest BCUT2D eigenvalue weighted by atomic mass is 16.5. The van der Waals surface area contributed by atoms with Crippen molar-refractivity contribution in [1.82, 2.24) is 15.2 Å². The van der Waals surface area contributed by atoms with E-state index in [9.17, 15) is 9.59 Å². The molecule has 176 valence electrons. The number of amides is 2. The van der Waals surface area contributed by atoms with E-state index in [-0.39, 0.29) is 17.9 Å². The fraction of sp³-hybridized carbons (Fsp3) is 0.214. The number of hydrogen-bond donors (Lipinski definition) is 2. The van der Waals surface area contributed by atoms with Crippen LogP contribution in [0, 0.1) is 0 Å². The highest BCUT2D eigenvalue weighted by Crippen LogP contribution is 2.46. The lowest BCUT2D eigenvalue weighted by atomic mass is 9.90. The van der Waals surface area contributed by atoms with E-state index in [2.05, 4.69) is 16.4 Å². The van der Waals surface area contributed by atoms with Gasteiger partial charge in [-0.25, -0.2) is 0 Å². The lowest BCUT2D eigenvalue weighted by Gasteiger charge is -2.37. The van der Waals surface area contributed by atoms with E-state index >= 15 is 0 Å². The van der Waals surface area contributed by atoms with E-state index < -0.39 is 6.04 Å². The molecule has 2 atom stereocenters. The smallest absolute Gasteiger partial charge is 0.255 e. The van der Waals surface area contributed by atoms with Gasteiger partial charge < -0.3 is 24.7 Å². The number of methoxy groups -OCH3 is 2. The quantitative estimate of drug-likeness (QED) is 0.465. The van der Waals surface area contributed by atoms with Crippen molar-refractivity contribution in [3.8, 4) is 11.5 Å². The molecule has 7 nitrogen and oxygen atoms in total. The predicted molar refractivity (Wildman–Crippen MR) is 132 cm³/mol. The highest BCUT2D eigenvalue weighted by molar-refractivity contribution is 6.03. The molecule has 2 aliphatic heterocycles. The lowest BCUT2D eigenvalue weighted by Crippen LogP contribution is -2.52. The summed E-state index contributed by atoms with van der Waals surface area (Å²) in [4.78, 5) is 32.4. The van der Waals surface area contributed by atoms with Gasteiger partial charge >= 0.3 is 0 Å². The van der Waals surface area contributed by atoms with Crippen LogP contribution in [0.4, 0.5) is 0 Å². The van der Waals surface area contributed by atoms with Crippen molar-refractivity contribution in [1.29, 1.82) is 0 Å². The average Bonchev–Trinajstić information content (AvgIpc) is 3.42. The Kier molecular flexibility index (Phi) is 4.99. The first kappa shape index (κ1) is 21.3. The third-order valence-electron chi connectivity index (χ3n) is 7.07. The van der Waals surface area contributed by atoms with Gasteiger partial charge in [-0.1, -0.05) is 42.5 Å². The highest BCUT2D eigenvalue weighted by Gasteiger charge is 2.48. The number of para-hydroxylation sites is 1. The number of benzene rings is 3. The Morgan fingerprint density at radius 1 is 1.03 bits per heavy atom. The monoisotopic (exact) mass is 467 g/mol. The molecule has 0 fully saturated rings. The first-order chi connectivity index (χ1) is 17.1. The van der Waals surface area contributed by atoms with E-state index in [1.807, 2.05) is 60.7 Å². The summed E-state index contributed by atoms with van der Waals surface area (Å²) < 4.78 is 10.7. The Balaban J connectivity index is 1.36. The van der Waals surface area contributed by atoms with E-state index in [1.165, 1.54) is 0 Å². The number of aromatic nitrogens is 1. The number of carbonyl (C=O) groups excluding carboxylic acids is 2. The van der Waals surface area contributed by atoms with Crippen LogP contribution in [0.3, 0.4) is 0 Å². The molecule has 1 aromatic heterocycles. The normalized spacial score (nSPS) is 18.1. The Bertz CT molecular complexity index is 1470. The molecule has 2 N–H and O–H groups in total. The van der Waals surface area contributed by atoms with Gasteiger partial charge in [0.2, 0.25) is 5.91 Å². The fourth-order valence-corrected chi connectivity index (χ4v) is 5.43. The molecule has 0 bridgehead atoms. The third-order valence-corrected chi connectivity index (χ3v) is 7.07. The minimum Gasteiger partial charge on any atom is -0.493 e. The number of ether oxygens (including phenoxy) is 2. The van der Waals surface area contributed by atoms with Crippen molar-refractivity contribution >= 4 is 22.7 Å². The summed E-state index contributed by atoms with van der Waals surface area (Å²) in [5.41, 5.74) is 5.57. The second-order valence-electron chi connectivity index (χ2n) is 8.89. The zero-order valence-corrected chi connectivity index (χ0v) is 19.5. The summed E-state index contributed by atoms with van der Waals surface area (Å²) >= 11 is 0. The van der Waals surface area contributed by atoms with Gasteiger partial charge in [0.25, 0.3) is 5.91 Å². The van der Waals surface area contributed by atoms with E-state index in [0.29, 0.717) is 30.0 Å². The number of nitrogens with one attached hydrogen (secondary N) is 2. The minimum atomic E-state index is -0.619. The van der Waals surface area contributed by atoms with Crippen LogP contribution in [-0.2, 0) is 17.8 Å². The largest absolute Gasteiger partial charge is 0.493 e. The molecule has 0 unspecified atom stereocenters. The molecule has 7 heteroatoms.